The van der Waals surface area contributed by atoms with Crippen molar-refractivity contribution in [2.75, 3.05) is 10.6 Å². The molecule has 0 fully saturated rings. The Kier molecular flexibility index (Phi) is 8.89. The van der Waals surface area contributed by atoms with Gasteiger partial charge >= 0.3 is 0 Å². The van der Waals surface area contributed by atoms with Crippen LogP contribution >= 0.6 is 11.6 Å². The minimum atomic E-state index is -1.30. The van der Waals surface area contributed by atoms with Crippen LogP contribution < -0.4 is 10.6 Å². The van der Waals surface area contributed by atoms with E-state index in [1.165, 1.54) is 10.7 Å². The van der Waals surface area contributed by atoms with Gasteiger partial charge in [0.2, 0.25) is 5.91 Å². The van der Waals surface area contributed by atoms with Gasteiger partial charge in [0.15, 0.2) is 11.8 Å². The lowest BCUT2D eigenvalue weighted by Crippen LogP contribution is -2.39. The van der Waals surface area contributed by atoms with Crippen LogP contribution in [0.1, 0.15) is 62.4 Å². The van der Waals surface area contributed by atoms with Gasteiger partial charge in [-0.3, -0.25) is 14.4 Å². The highest BCUT2D eigenvalue weighted by Crippen LogP contribution is 2.30. The average Bonchev–Trinajstić information content (AvgIpc) is 3.32. The van der Waals surface area contributed by atoms with E-state index in [4.69, 9.17) is 11.6 Å². The third-order valence-electron chi connectivity index (χ3n) is 6.79. The number of nitrogens with zero attached hydrogens (tertiary/aromatic N) is 3. The largest absolute Gasteiger partial charge is 0.388 e. The van der Waals surface area contributed by atoms with E-state index >= 15 is 0 Å². The molecule has 214 valence electrons. The molecular formula is C31H34ClN5O4. The zero-order valence-corrected chi connectivity index (χ0v) is 24.5. The topological polar surface area (TPSA) is 126 Å². The molecule has 1 aromatic heterocycles. The summed E-state index contributed by atoms with van der Waals surface area (Å²) in [6, 6.07) is 16.2. The first-order valence-electron chi connectivity index (χ1n) is 13.3. The molecule has 1 heterocycles. The van der Waals surface area contributed by atoms with Gasteiger partial charge in [-0.15, -0.1) is 5.10 Å². The fourth-order valence-electron chi connectivity index (χ4n) is 4.58. The Labute approximate surface area is 243 Å². The number of aliphatic hydroxyl groups is 1. The van der Waals surface area contributed by atoms with Gasteiger partial charge in [0.1, 0.15) is 5.52 Å². The molecule has 3 aromatic carbocycles. The molecule has 0 saturated heterocycles. The van der Waals surface area contributed by atoms with E-state index in [0.29, 0.717) is 16.7 Å². The van der Waals surface area contributed by atoms with Crippen LogP contribution in [-0.2, 0) is 14.4 Å². The summed E-state index contributed by atoms with van der Waals surface area (Å²) in [5, 5.41) is 24.6. The molecule has 0 spiro atoms. The van der Waals surface area contributed by atoms with Crippen LogP contribution in [0, 0.1) is 19.3 Å². The fourth-order valence-corrected chi connectivity index (χ4v) is 4.74. The van der Waals surface area contributed by atoms with Crippen LogP contribution in [-0.4, -0.2) is 37.7 Å². The molecule has 0 aliphatic heterocycles. The summed E-state index contributed by atoms with van der Waals surface area (Å²) in [6.07, 6.45) is -0.443. The molecule has 4 rings (SSSR count). The van der Waals surface area contributed by atoms with Crippen LogP contribution in [0.5, 0.6) is 0 Å². The Bertz CT molecular complexity index is 1610. The summed E-state index contributed by atoms with van der Waals surface area (Å²) in [5.74, 6) is -1.29. The zero-order valence-electron chi connectivity index (χ0n) is 23.7. The van der Waals surface area contributed by atoms with Crippen molar-refractivity contribution in [2.24, 2.45) is 5.41 Å². The highest BCUT2D eigenvalue weighted by Gasteiger charge is 2.38. The number of aryl methyl sites for hydroxylation is 2. The lowest BCUT2D eigenvalue weighted by Gasteiger charge is -2.24. The van der Waals surface area contributed by atoms with Crippen molar-refractivity contribution in [1.82, 2.24) is 15.0 Å². The Morgan fingerprint density at radius 1 is 1.00 bits per heavy atom. The van der Waals surface area contributed by atoms with Crippen molar-refractivity contribution in [3.8, 4) is 0 Å². The van der Waals surface area contributed by atoms with Crippen molar-refractivity contribution >= 4 is 51.6 Å². The van der Waals surface area contributed by atoms with E-state index < -0.39 is 23.5 Å². The predicted molar refractivity (Wildman–Crippen MR) is 160 cm³/mol. The van der Waals surface area contributed by atoms with E-state index in [1.807, 2.05) is 32.0 Å². The van der Waals surface area contributed by atoms with E-state index in [2.05, 4.69) is 20.9 Å². The number of halogens is 1. The van der Waals surface area contributed by atoms with E-state index in [0.717, 1.165) is 16.7 Å². The number of rotatable bonds is 9. The fraction of sp³-hybridized carbons (Fsp3) is 0.323. The zero-order chi connectivity index (χ0) is 29.9. The van der Waals surface area contributed by atoms with Gasteiger partial charge in [0.05, 0.1) is 22.3 Å². The van der Waals surface area contributed by atoms with Gasteiger partial charge in [-0.1, -0.05) is 73.5 Å². The van der Waals surface area contributed by atoms with Crippen LogP contribution in [0.2, 0.25) is 5.02 Å². The molecule has 0 radical (unpaired) electrons. The predicted octanol–water partition coefficient (Wildman–Crippen LogP) is 5.95. The highest BCUT2D eigenvalue weighted by molar-refractivity contribution is 6.34. The van der Waals surface area contributed by atoms with E-state index in [9.17, 15) is 19.5 Å². The van der Waals surface area contributed by atoms with Crippen molar-refractivity contribution in [2.45, 2.75) is 59.6 Å². The average molecular weight is 576 g/mol. The summed E-state index contributed by atoms with van der Waals surface area (Å²) in [4.78, 5) is 39.7. The molecule has 10 heteroatoms. The molecule has 0 aliphatic carbocycles. The van der Waals surface area contributed by atoms with Crippen LogP contribution in [0.3, 0.4) is 0 Å². The van der Waals surface area contributed by atoms with Gasteiger partial charge in [-0.25, -0.2) is 4.68 Å². The Hall–Kier alpha value is -4.08. The Morgan fingerprint density at radius 2 is 1.73 bits per heavy atom. The van der Waals surface area contributed by atoms with E-state index in [1.54, 1.807) is 57.2 Å². The number of nitrogens with one attached hydrogen (secondary N) is 2. The number of fused-ring (bicyclic) bond motifs is 1. The van der Waals surface area contributed by atoms with Crippen LogP contribution in [0.15, 0.2) is 60.7 Å². The molecule has 0 bridgehead atoms. The molecule has 4 aromatic rings. The first kappa shape index (κ1) is 29.9. The number of carbonyl (C=O) groups excluding carboxylic acids is 3. The summed E-state index contributed by atoms with van der Waals surface area (Å²) in [5.41, 5.74) is 3.73. The highest BCUT2D eigenvalue weighted by atomic mass is 35.5. The second-order valence-corrected chi connectivity index (χ2v) is 11.6. The first-order chi connectivity index (χ1) is 19.3. The molecule has 2 atom stereocenters. The minimum absolute atomic E-state index is 0.0837. The number of Topliss-reactive ketones (excluding diaryl/α,β-unsaturated/α-hetero) is 1. The molecule has 0 aliphatic rings. The molecule has 0 saturated carbocycles. The second-order valence-electron chi connectivity index (χ2n) is 11.2. The summed E-state index contributed by atoms with van der Waals surface area (Å²) in [6.45, 7) is 9.11. The lowest BCUT2D eigenvalue weighted by atomic mass is 9.86. The molecule has 3 N–H and O–H groups in total. The molecule has 2 unspecified atom stereocenters. The number of aliphatic hydroxyl groups excluding tert-OH is 1. The quantitative estimate of drug-likeness (QED) is 0.212. The summed E-state index contributed by atoms with van der Waals surface area (Å²) < 4.78 is 1.32. The maximum absolute atomic E-state index is 13.6. The number of para-hydroxylation sites is 1. The molecule has 41 heavy (non-hydrogen) atoms. The van der Waals surface area contributed by atoms with E-state index in [-0.39, 0.29) is 35.2 Å². The van der Waals surface area contributed by atoms with Gasteiger partial charge in [-0.2, -0.15) is 0 Å². The number of hydrogen-bond acceptors (Lipinski definition) is 6. The van der Waals surface area contributed by atoms with Crippen molar-refractivity contribution in [1.29, 1.82) is 0 Å². The Balaban J connectivity index is 1.49. The van der Waals surface area contributed by atoms with Gasteiger partial charge in [0, 0.05) is 17.5 Å². The third kappa shape index (κ3) is 6.99. The maximum atomic E-state index is 13.6. The monoisotopic (exact) mass is 575 g/mol. The van der Waals surface area contributed by atoms with Crippen LogP contribution in [0.25, 0.3) is 11.0 Å². The normalized spacial score (nSPS) is 13.0. The van der Waals surface area contributed by atoms with Crippen LogP contribution in [0.4, 0.5) is 11.4 Å². The first-order valence-corrected chi connectivity index (χ1v) is 13.7. The SMILES string of the molecule is Cc1ccc(C(O)CCC(=O)Nc2ccc(Cl)c(NC(=O)C(C(=O)C(C)(C)C)n3nnc4ccccc43)c2)c(C)c1. The summed E-state index contributed by atoms with van der Waals surface area (Å²) >= 11 is 6.39. The number of ketones is 1. The van der Waals surface area contributed by atoms with Crippen molar-refractivity contribution in [3.63, 3.8) is 0 Å². The smallest absolute Gasteiger partial charge is 0.257 e. The van der Waals surface area contributed by atoms with Crippen molar-refractivity contribution in [3.05, 3.63) is 82.4 Å². The number of anilines is 2. The molecular weight excluding hydrogens is 542 g/mol. The van der Waals surface area contributed by atoms with Gasteiger partial charge < -0.3 is 15.7 Å². The summed E-state index contributed by atoms with van der Waals surface area (Å²) in [7, 11) is 0. The number of hydrogen-bond donors (Lipinski definition) is 3. The van der Waals surface area contributed by atoms with Gasteiger partial charge in [0.25, 0.3) is 5.91 Å². The second kappa shape index (κ2) is 12.2. The minimum Gasteiger partial charge on any atom is -0.388 e. The van der Waals surface area contributed by atoms with Gasteiger partial charge in [-0.05, 0) is 61.7 Å². The maximum Gasteiger partial charge on any atom is 0.257 e. The standard InChI is InChI=1S/C31H34ClN5O4/c1-18-10-12-21(19(2)16-18)26(38)14-15-27(39)33-20-11-13-22(32)24(17-20)34-30(41)28(29(40)31(3,4)5)37-25-9-7-6-8-23(25)35-36-37/h6-13,16-17,26,28,38H,14-15H2,1-5H3,(H,33,39)(H,34,41). The molecule has 9 nitrogen and oxygen atoms in total. The number of benzene rings is 3. The molecule has 2 amide bonds. The Morgan fingerprint density at radius 3 is 2.44 bits per heavy atom. The lowest BCUT2D eigenvalue weighted by molar-refractivity contribution is -0.135. The van der Waals surface area contributed by atoms with Crippen molar-refractivity contribution < 1.29 is 19.5 Å². The third-order valence-corrected chi connectivity index (χ3v) is 7.12. The number of aromatic nitrogens is 3. The number of amides is 2. The number of carbonyl (C=O) groups is 3.